The first-order valence-corrected chi connectivity index (χ1v) is 8.48. The van der Waals surface area contributed by atoms with Gasteiger partial charge in [-0.3, -0.25) is 9.59 Å². The Balaban J connectivity index is 1.72. The van der Waals surface area contributed by atoms with Crippen molar-refractivity contribution in [3.05, 3.63) is 71.5 Å². The predicted molar refractivity (Wildman–Crippen MR) is 95.8 cm³/mol. The highest BCUT2D eigenvalue weighted by Crippen LogP contribution is 2.18. The van der Waals surface area contributed by atoms with Gasteiger partial charge in [0, 0.05) is 18.7 Å². The van der Waals surface area contributed by atoms with Gasteiger partial charge in [-0.15, -0.1) is 0 Å². The van der Waals surface area contributed by atoms with Gasteiger partial charge in [-0.25, -0.2) is 4.39 Å². The number of hydrogen-bond donors (Lipinski definition) is 2. The number of hydrogen-bond acceptors (Lipinski definition) is 2. The fourth-order valence-electron chi connectivity index (χ4n) is 2.61. The van der Waals surface area contributed by atoms with Crippen LogP contribution in [0.4, 0.5) is 4.39 Å². The lowest BCUT2D eigenvalue weighted by molar-refractivity contribution is -0.122. The molecule has 0 aliphatic heterocycles. The highest BCUT2D eigenvalue weighted by atomic mass is 19.1. The monoisotopic (exact) mass is 342 g/mol. The standard InChI is InChI=1S/C20H23FN2O2/c1-2-18(15-8-4-3-5-9-15)20(25)23-13-7-12-22-19(24)16-10-6-11-17(21)14-16/h3-6,8-11,14,18H,2,7,12-13H2,1H3,(H,22,24)(H,23,25). The number of halogens is 1. The zero-order chi connectivity index (χ0) is 18.1. The molecule has 5 heteroatoms. The van der Waals surface area contributed by atoms with E-state index in [1.807, 2.05) is 37.3 Å². The summed E-state index contributed by atoms with van der Waals surface area (Å²) < 4.78 is 13.1. The first kappa shape index (κ1) is 18.6. The molecule has 0 spiro atoms. The third-order valence-electron chi connectivity index (χ3n) is 3.95. The Morgan fingerprint density at radius 2 is 1.72 bits per heavy atom. The van der Waals surface area contributed by atoms with Crippen LogP contribution in [0, 0.1) is 5.82 Å². The fourth-order valence-corrected chi connectivity index (χ4v) is 2.61. The molecule has 0 aliphatic rings. The molecule has 0 radical (unpaired) electrons. The smallest absolute Gasteiger partial charge is 0.251 e. The molecule has 132 valence electrons. The maximum atomic E-state index is 13.1. The Bertz CT molecular complexity index is 704. The average Bonchev–Trinajstić information content (AvgIpc) is 2.63. The van der Waals surface area contributed by atoms with Crippen LogP contribution in [0.1, 0.15) is 41.6 Å². The van der Waals surface area contributed by atoms with Gasteiger partial charge in [0.05, 0.1) is 5.92 Å². The van der Waals surface area contributed by atoms with E-state index >= 15 is 0 Å². The zero-order valence-corrected chi connectivity index (χ0v) is 14.3. The summed E-state index contributed by atoms with van der Waals surface area (Å²) in [5.41, 5.74) is 1.29. The van der Waals surface area contributed by atoms with Crippen molar-refractivity contribution in [2.75, 3.05) is 13.1 Å². The topological polar surface area (TPSA) is 58.2 Å². The molecule has 0 aliphatic carbocycles. The third kappa shape index (κ3) is 5.71. The van der Waals surface area contributed by atoms with Gasteiger partial charge in [-0.2, -0.15) is 0 Å². The highest BCUT2D eigenvalue weighted by molar-refractivity contribution is 5.94. The van der Waals surface area contributed by atoms with E-state index < -0.39 is 5.82 Å². The molecule has 2 aromatic rings. The van der Waals surface area contributed by atoms with Crippen LogP contribution in [0.25, 0.3) is 0 Å². The van der Waals surface area contributed by atoms with E-state index in [-0.39, 0.29) is 17.7 Å². The number of carbonyl (C=O) groups is 2. The summed E-state index contributed by atoms with van der Waals surface area (Å²) in [5, 5.41) is 5.62. The van der Waals surface area contributed by atoms with E-state index in [2.05, 4.69) is 10.6 Å². The van der Waals surface area contributed by atoms with Gasteiger partial charge in [0.1, 0.15) is 5.82 Å². The molecule has 2 rings (SSSR count). The van der Waals surface area contributed by atoms with Gasteiger partial charge >= 0.3 is 0 Å². The summed E-state index contributed by atoms with van der Waals surface area (Å²) in [6, 6.07) is 15.2. The molecule has 0 aromatic heterocycles. The molecule has 1 unspecified atom stereocenters. The van der Waals surface area contributed by atoms with Crippen LogP contribution in [-0.2, 0) is 4.79 Å². The Labute approximate surface area is 147 Å². The largest absolute Gasteiger partial charge is 0.356 e. The normalized spacial score (nSPS) is 11.6. The lowest BCUT2D eigenvalue weighted by Crippen LogP contribution is -2.32. The van der Waals surface area contributed by atoms with Crippen molar-refractivity contribution in [3.8, 4) is 0 Å². The summed E-state index contributed by atoms with van der Waals surface area (Å²) in [6.07, 6.45) is 1.34. The number of nitrogens with one attached hydrogen (secondary N) is 2. The maximum absolute atomic E-state index is 13.1. The third-order valence-corrected chi connectivity index (χ3v) is 3.95. The van der Waals surface area contributed by atoms with Crippen molar-refractivity contribution >= 4 is 11.8 Å². The number of amides is 2. The molecular weight excluding hydrogens is 319 g/mol. The van der Waals surface area contributed by atoms with E-state index in [0.717, 1.165) is 12.0 Å². The SMILES string of the molecule is CCC(C(=O)NCCCNC(=O)c1cccc(F)c1)c1ccccc1. The molecule has 0 bridgehead atoms. The van der Waals surface area contributed by atoms with Gasteiger partial charge in [-0.05, 0) is 36.6 Å². The summed E-state index contributed by atoms with van der Waals surface area (Å²) in [5.74, 6) is -0.929. The Hall–Kier alpha value is -2.69. The number of benzene rings is 2. The minimum Gasteiger partial charge on any atom is -0.356 e. The van der Waals surface area contributed by atoms with Crippen LogP contribution in [0.5, 0.6) is 0 Å². The maximum Gasteiger partial charge on any atom is 0.251 e. The van der Waals surface area contributed by atoms with Crippen molar-refractivity contribution in [2.45, 2.75) is 25.7 Å². The van der Waals surface area contributed by atoms with Crippen LogP contribution >= 0.6 is 0 Å². The quantitative estimate of drug-likeness (QED) is 0.724. The van der Waals surface area contributed by atoms with E-state index in [1.54, 1.807) is 6.07 Å². The molecule has 2 amide bonds. The van der Waals surface area contributed by atoms with Crippen molar-refractivity contribution in [3.63, 3.8) is 0 Å². The van der Waals surface area contributed by atoms with Gasteiger partial charge < -0.3 is 10.6 Å². The van der Waals surface area contributed by atoms with Crippen LogP contribution in [0.3, 0.4) is 0 Å². The molecule has 0 heterocycles. The Kier molecular flexibility index (Phi) is 7.14. The Morgan fingerprint density at radius 1 is 1.00 bits per heavy atom. The fraction of sp³-hybridized carbons (Fsp3) is 0.300. The van der Waals surface area contributed by atoms with E-state index in [0.29, 0.717) is 25.1 Å². The average molecular weight is 342 g/mol. The predicted octanol–water partition coefficient (Wildman–Crippen LogP) is 3.26. The molecule has 0 saturated heterocycles. The van der Waals surface area contributed by atoms with Gasteiger partial charge in [0.25, 0.3) is 5.91 Å². The van der Waals surface area contributed by atoms with Crippen molar-refractivity contribution in [1.82, 2.24) is 10.6 Å². The second-order valence-corrected chi connectivity index (χ2v) is 5.78. The molecule has 25 heavy (non-hydrogen) atoms. The van der Waals surface area contributed by atoms with Crippen molar-refractivity contribution < 1.29 is 14.0 Å². The number of carbonyl (C=O) groups excluding carboxylic acids is 2. The molecule has 0 saturated carbocycles. The van der Waals surface area contributed by atoms with Gasteiger partial charge in [0.15, 0.2) is 0 Å². The first-order valence-electron chi connectivity index (χ1n) is 8.48. The molecule has 2 N–H and O–H groups in total. The zero-order valence-electron chi connectivity index (χ0n) is 14.3. The molecule has 0 fully saturated rings. The van der Waals surface area contributed by atoms with Crippen LogP contribution in [0.15, 0.2) is 54.6 Å². The summed E-state index contributed by atoms with van der Waals surface area (Å²) in [6.45, 7) is 2.87. The second kappa shape index (κ2) is 9.57. The second-order valence-electron chi connectivity index (χ2n) is 5.78. The van der Waals surface area contributed by atoms with Crippen LogP contribution < -0.4 is 10.6 Å². The Morgan fingerprint density at radius 3 is 2.40 bits per heavy atom. The van der Waals surface area contributed by atoms with E-state index in [9.17, 15) is 14.0 Å². The summed E-state index contributed by atoms with van der Waals surface area (Å²) in [7, 11) is 0. The van der Waals surface area contributed by atoms with E-state index in [4.69, 9.17) is 0 Å². The van der Waals surface area contributed by atoms with E-state index in [1.165, 1.54) is 18.2 Å². The minimum absolute atomic E-state index is 0.00911. The highest BCUT2D eigenvalue weighted by Gasteiger charge is 2.17. The molecule has 2 aromatic carbocycles. The summed E-state index contributed by atoms with van der Waals surface area (Å²) in [4.78, 5) is 24.2. The lowest BCUT2D eigenvalue weighted by atomic mass is 9.96. The lowest BCUT2D eigenvalue weighted by Gasteiger charge is -2.15. The molecule has 4 nitrogen and oxygen atoms in total. The van der Waals surface area contributed by atoms with Gasteiger partial charge in [0.2, 0.25) is 5.91 Å². The van der Waals surface area contributed by atoms with Crippen LogP contribution in [0.2, 0.25) is 0 Å². The molecular formula is C20H23FN2O2. The van der Waals surface area contributed by atoms with Crippen molar-refractivity contribution in [1.29, 1.82) is 0 Å². The summed E-state index contributed by atoms with van der Waals surface area (Å²) >= 11 is 0. The van der Waals surface area contributed by atoms with Gasteiger partial charge in [-0.1, -0.05) is 43.3 Å². The minimum atomic E-state index is -0.438. The first-order chi connectivity index (χ1) is 12.1. The van der Waals surface area contributed by atoms with Crippen LogP contribution in [-0.4, -0.2) is 24.9 Å². The number of rotatable bonds is 8. The molecule has 1 atom stereocenters. The van der Waals surface area contributed by atoms with Crippen molar-refractivity contribution in [2.24, 2.45) is 0 Å².